The van der Waals surface area contributed by atoms with E-state index in [0.29, 0.717) is 16.6 Å². The molecular weight excluding hydrogens is 441 g/mol. The number of nitrogens with one attached hydrogen (secondary N) is 1. The number of ether oxygens (including phenoxy) is 1. The van der Waals surface area contributed by atoms with Gasteiger partial charge in [-0.3, -0.25) is 0 Å². The SMILES string of the molecule is Clc1cc(Br)cc(Cl)c1NCC1Cc2cc(Br)ccc2O1. The molecule has 0 saturated carbocycles. The number of hydrogen-bond donors (Lipinski definition) is 1. The molecule has 1 aliphatic rings. The van der Waals surface area contributed by atoms with Crippen LogP contribution in [0.5, 0.6) is 5.75 Å². The van der Waals surface area contributed by atoms with Crippen molar-refractivity contribution in [2.75, 3.05) is 11.9 Å². The highest BCUT2D eigenvalue weighted by Gasteiger charge is 2.23. The molecule has 6 heteroatoms. The van der Waals surface area contributed by atoms with E-state index in [1.807, 2.05) is 24.3 Å². The molecule has 0 saturated heterocycles. The zero-order valence-electron chi connectivity index (χ0n) is 10.8. The summed E-state index contributed by atoms with van der Waals surface area (Å²) in [4.78, 5) is 0. The number of hydrogen-bond acceptors (Lipinski definition) is 2. The van der Waals surface area contributed by atoms with E-state index >= 15 is 0 Å². The third-order valence-corrected chi connectivity index (χ3v) is 4.82. The lowest BCUT2D eigenvalue weighted by Crippen LogP contribution is -2.24. The lowest BCUT2D eigenvalue weighted by molar-refractivity contribution is 0.246. The second kappa shape index (κ2) is 6.37. The van der Waals surface area contributed by atoms with Crippen LogP contribution in [-0.2, 0) is 6.42 Å². The number of benzene rings is 2. The molecular formula is C15H11Br2Cl2NO. The van der Waals surface area contributed by atoms with Crippen molar-refractivity contribution >= 4 is 60.7 Å². The molecule has 2 nitrogen and oxygen atoms in total. The second-order valence-electron chi connectivity index (χ2n) is 4.82. The summed E-state index contributed by atoms with van der Waals surface area (Å²) < 4.78 is 7.83. The average Bonchev–Trinajstić information content (AvgIpc) is 2.79. The van der Waals surface area contributed by atoms with Crippen molar-refractivity contribution in [3.63, 3.8) is 0 Å². The van der Waals surface area contributed by atoms with Crippen LogP contribution in [0.3, 0.4) is 0 Å². The highest BCUT2D eigenvalue weighted by molar-refractivity contribution is 9.10. The Morgan fingerprint density at radius 3 is 2.52 bits per heavy atom. The van der Waals surface area contributed by atoms with E-state index in [-0.39, 0.29) is 6.10 Å². The van der Waals surface area contributed by atoms with Gasteiger partial charge >= 0.3 is 0 Å². The maximum absolute atomic E-state index is 6.21. The number of fused-ring (bicyclic) bond motifs is 1. The third-order valence-electron chi connectivity index (χ3n) is 3.28. The van der Waals surface area contributed by atoms with Gasteiger partial charge in [-0.05, 0) is 35.9 Å². The fraction of sp³-hybridized carbons (Fsp3) is 0.200. The minimum atomic E-state index is 0.0741. The monoisotopic (exact) mass is 449 g/mol. The van der Waals surface area contributed by atoms with Crippen molar-refractivity contribution in [1.82, 2.24) is 0 Å². The molecule has 1 unspecified atom stereocenters. The summed E-state index contributed by atoms with van der Waals surface area (Å²) in [5, 5.41) is 4.46. The Labute approximate surface area is 150 Å². The van der Waals surface area contributed by atoms with Gasteiger partial charge in [0.05, 0.1) is 22.3 Å². The van der Waals surface area contributed by atoms with Crippen LogP contribution in [0.2, 0.25) is 10.0 Å². The van der Waals surface area contributed by atoms with Gasteiger partial charge in [0.1, 0.15) is 11.9 Å². The molecule has 1 N–H and O–H groups in total. The van der Waals surface area contributed by atoms with Crippen molar-refractivity contribution in [2.45, 2.75) is 12.5 Å². The van der Waals surface area contributed by atoms with Gasteiger partial charge in [0.2, 0.25) is 0 Å². The molecule has 0 aliphatic carbocycles. The van der Waals surface area contributed by atoms with Crippen molar-refractivity contribution in [2.24, 2.45) is 0 Å². The number of halogens is 4. The smallest absolute Gasteiger partial charge is 0.123 e. The van der Waals surface area contributed by atoms with Crippen LogP contribution in [0.1, 0.15) is 5.56 Å². The van der Waals surface area contributed by atoms with Gasteiger partial charge in [-0.1, -0.05) is 55.1 Å². The Hall–Kier alpha value is -0.420. The highest BCUT2D eigenvalue weighted by Crippen LogP contribution is 2.35. The predicted octanol–water partition coefficient (Wildman–Crippen LogP) is 5.93. The lowest BCUT2D eigenvalue weighted by atomic mass is 10.1. The second-order valence-corrected chi connectivity index (χ2v) is 7.47. The van der Waals surface area contributed by atoms with Gasteiger partial charge in [-0.15, -0.1) is 0 Å². The van der Waals surface area contributed by atoms with Crippen LogP contribution >= 0.6 is 55.1 Å². The molecule has 0 fully saturated rings. The maximum atomic E-state index is 6.21. The molecule has 0 bridgehead atoms. The molecule has 0 radical (unpaired) electrons. The first-order chi connectivity index (χ1) is 10.0. The Bertz CT molecular complexity index is 670. The van der Waals surface area contributed by atoms with Gasteiger partial charge in [0.25, 0.3) is 0 Å². The van der Waals surface area contributed by atoms with Gasteiger partial charge < -0.3 is 10.1 Å². The highest BCUT2D eigenvalue weighted by atomic mass is 79.9. The molecule has 2 aromatic rings. The lowest BCUT2D eigenvalue weighted by Gasteiger charge is -2.15. The summed E-state index contributed by atoms with van der Waals surface area (Å²) in [5.41, 5.74) is 1.95. The van der Waals surface area contributed by atoms with Crippen molar-refractivity contribution in [3.05, 3.63) is 54.9 Å². The van der Waals surface area contributed by atoms with Gasteiger partial charge in [-0.2, -0.15) is 0 Å². The molecule has 1 aliphatic heterocycles. The zero-order valence-corrected chi connectivity index (χ0v) is 15.5. The molecule has 0 spiro atoms. The standard InChI is InChI=1S/C15H11Br2Cl2NO/c16-9-1-2-14-8(3-9)4-11(21-14)7-20-15-12(18)5-10(17)6-13(15)19/h1-3,5-6,11,20H,4,7H2. The largest absolute Gasteiger partial charge is 0.488 e. The summed E-state index contributed by atoms with van der Waals surface area (Å²) in [6, 6.07) is 9.69. The first-order valence-corrected chi connectivity index (χ1v) is 8.70. The van der Waals surface area contributed by atoms with Gasteiger partial charge in [-0.25, -0.2) is 0 Å². The van der Waals surface area contributed by atoms with Crippen molar-refractivity contribution in [1.29, 1.82) is 0 Å². The Morgan fingerprint density at radius 1 is 1.10 bits per heavy atom. The van der Waals surface area contributed by atoms with Gasteiger partial charge in [0.15, 0.2) is 0 Å². The number of rotatable bonds is 3. The van der Waals surface area contributed by atoms with Crippen molar-refractivity contribution < 1.29 is 4.74 Å². The van der Waals surface area contributed by atoms with E-state index < -0.39 is 0 Å². The van der Waals surface area contributed by atoms with Crippen LogP contribution in [0.25, 0.3) is 0 Å². The zero-order chi connectivity index (χ0) is 15.0. The maximum Gasteiger partial charge on any atom is 0.123 e. The van der Waals surface area contributed by atoms with Crippen LogP contribution < -0.4 is 10.1 Å². The van der Waals surface area contributed by atoms with E-state index in [1.54, 1.807) is 0 Å². The van der Waals surface area contributed by atoms with Crippen LogP contribution in [0, 0.1) is 0 Å². The minimum absolute atomic E-state index is 0.0741. The van der Waals surface area contributed by atoms with E-state index in [2.05, 4.69) is 43.2 Å². The third kappa shape index (κ3) is 3.50. The Morgan fingerprint density at radius 2 is 1.81 bits per heavy atom. The normalized spacial score (nSPS) is 16.5. The van der Waals surface area contributed by atoms with Crippen LogP contribution in [0.15, 0.2) is 39.3 Å². The first-order valence-electron chi connectivity index (χ1n) is 6.36. The first kappa shape index (κ1) is 15.5. The molecule has 110 valence electrons. The van der Waals surface area contributed by atoms with E-state index in [4.69, 9.17) is 27.9 Å². The predicted molar refractivity (Wildman–Crippen MR) is 94.9 cm³/mol. The van der Waals surface area contributed by atoms with Crippen LogP contribution in [-0.4, -0.2) is 12.6 Å². The summed E-state index contributed by atoms with van der Waals surface area (Å²) in [6.07, 6.45) is 0.943. The Balaban J connectivity index is 1.68. The molecule has 1 atom stereocenters. The molecule has 21 heavy (non-hydrogen) atoms. The van der Waals surface area contributed by atoms with Gasteiger partial charge in [0, 0.05) is 15.4 Å². The van der Waals surface area contributed by atoms with E-state index in [0.717, 1.165) is 26.8 Å². The van der Waals surface area contributed by atoms with Crippen LogP contribution in [0.4, 0.5) is 5.69 Å². The quantitative estimate of drug-likeness (QED) is 0.624. The average molecular weight is 452 g/mol. The fourth-order valence-electron chi connectivity index (χ4n) is 2.33. The minimum Gasteiger partial charge on any atom is -0.488 e. The topological polar surface area (TPSA) is 21.3 Å². The summed E-state index contributed by atoms with van der Waals surface area (Å²) in [7, 11) is 0. The fourth-order valence-corrected chi connectivity index (χ4v) is 4.08. The molecule has 2 aromatic carbocycles. The van der Waals surface area contributed by atoms with E-state index in [1.165, 1.54) is 5.56 Å². The van der Waals surface area contributed by atoms with E-state index in [9.17, 15) is 0 Å². The summed E-state index contributed by atoms with van der Waals surface area (Å²) >= 11 is 19.3. The summed E-state index contributed by atoms with van der Waals surface area (Å²) in [5.74, 6) is 0.943. The summed E-state index contributed by atoms with van der Waals surface area (Å²) in [6.45, 7) is 0.646. The number of anilines is 1. The van der Waals surface area contributed by atoms with Crippen molar-refractivity contribution in [3.8, 4) is 5.75 Å². The molecule has 3 rings (SSSR count). The molecule has 0 amide bonds. The Kier molecular flexibility index (Phi) is 4.69. The molecule has 1 heterocycles. The molecule has 0 aromatic heterocycles.